The number of nitrogens with zero attached hydrogens (tertiary/aromatic N) is 8. The van der Waals surface area contributed by atoms with Crippen LogP contribution >= 0.6 is 0 Å². The molecule has 2 amide bonds. The van der Waals surface area contributed by atoms with Gasteiger partial charge in [0, 0.05) is 61.1 Å². The Balaban J connectivity index is 0.000000234. The van der Waals surface area contributed by atoms with Crippen molar-refractivity contribution in [2.45, 2.75) is 73.6 Å². The van der Waals surface area contributed by atoms with Gasteiger partial charge >= 0.3 is 0 Å². The zero-order chi connectivity index (χ0) is 48.1. The monoisotopic (exact) mass is 912 g/mol. The van der Waals surface area contributed by atoms with Crippen LogP contribution in [0.2, 0.25) is 0 Å². The van der Waals surface area contributed by atoms with Gasteiger partial charge < -0.3 is 42.1 Å². The van der Waals surface area contributed by atoms with E-state index in [1.165, 1.54) is 5.56 Å². The van der Waals surface area contributed by atoms with Gasteiger partial charge in [-0.1, -0.05) is 25.6 Å². The van der Waals surface area contributed by atoms with Crippen LogP contribution < -0.4 is 27.4 Å². The number of carbonyl (C=O) groups excluding carboxylic acids is 3. The van der Waals surface area contributed by atoms with Crippen LogP contribution in [0.15, 0.2) is 83.9 Å². The molecule has 0 spiro atoms. The maximum absolute atomic E-state index is 12.3. The Hall–Kier alpha value is -7.04. The van der Waals surface area contributed by atoms with Gasteiger partial charge in [-0.2, -0.15) is 0 Å². The first kappa shape index (κ1) is 52.6. The number of anilines is 4. The molecule has 5 aromatic rings. The average molecular weight is 912 g/mol. The molecule has 356 valence electrons. The van der Waals surface area contributed by atoms with E-state index in [0.29, 0.717) is 22.8 Å². The highest BCUT2D eigenvalue weighted by atomic mass is 16.2. The quantitative estimate of drug-likeness (QED) is 0.0474. The second kappa shape index (κ2) is 24.5. The van der Waals surface area contributed by atoms with Crippen molar-refractivity contribution in [2.75, 3.05) is 71.3 Å². The fraction of sp³-hybridized carbons (Fsp3) is 0.373. The molecule has 0 unspecified atom stereocenters. The Labute approximate surface area is 396 Å². The minimum atomic E-state index is -0.152. The summed E-state index contributed by atoms with van der Waals surface area (Å²) in [5.74, 6) is 0.272. The highest BCUT2D eigenvalue weighted by Crippen LogP contribution is 2.34. The van der Waals surface area contributed by atoms with Crippen LogP contribution in [0.5, 0.6) is 0 Å². The lowest BCUT2D eigenvalue weighted by molar-refractivity contribution is -0.116. The lowest BCUT2D eigenvalue weighted by Gasteiger charge is -2.13. The maximum Gasteiger partial charge on any atom is 0.229 e. The minimum absolute atomic E-state index is 0. The van der Waals surface area contributed by atoms with Crippen LogP contribution in [0.25, 0.3) is 11.3 Å². The van der Waals surface area contributed by atoms with E-state index in [-0.39, 0.29) is 43.8 Å². The second-order valence-corrected chi connectivity index (χ2v) is 17.5. The van der Waals surface area contributed by atoms with Crippen LogP contribution in [-0.4, -0.2) is 114 Å². The Kier molecular flexibility index (Phi) is 19.2. The Morgan fingerprint density at radius 1 is 0.716 bits per heavy atom. The van der Waals surface area contributed by atoms with E-state index in [4.69, 9.17) is 16.5 Å². The van der Waals surface area contributed by atoms with Crippen molar-refractivity contribution in [1.29, 1.82) is 0 Å². The SMILES string of the molecule is C.Cc1ccc2c(c1)NC(=O)C/C(=C\N(C)C)C2=O.Cc1ccc2c(c1)NC(=O)Cc1cnc(Nc3cc(CCCN(C)C)cnc3C)nc1-2.Cc1ncc(CCCN(C)C)cc1N=C(N)N. The number of nitrogens with one attached hydrogen (secondary N) is 3. The third kappa shape index (κ3) is 15.8. The maximum atomic E-state index is 12.3. The fourth-order valence-corrected chi connectivity index (χ4v) is 7.27. The summed E-state index contributed by atoms with van der Waals surface area (Å²) in [4.78, 5) is 64.7. The molecule has 0 atom stereocenters. The predicted molar refractivity (Wildman–Crippen MR) is 272 cm³/mol. The third-order valence-electron chi connectivity index (χ3n) is 10.6. The molecule has 0 bridgehead atoms. The molecule has 0 saturated carbocycles. The molecule has 0 aliphatic carbocycles. The first-order chi connectivity index (χ1) is 31.3. The van der Waals surface area contributed by atoms with Gasteiger partial charge in [0.15, 0.2) is 11.7 Å². The molecule has 7 rings (SSSR count). The molecule has 2 aliphatic heterocycles. The summed E-state index contributed by atoms with van der Waals surface area (Å²) in [6, 6.07) is 15.6. The number of aromatic nitrogens is 4. The van der Waals surface area contributed by atoms with E-state index >= 15 is 0 Å². The van der Waals surface area contributed by atoms with Crippen molar-refractivity contribution in [3.8, 4) is 11.3 Å². The van der Waals surface area contributed by atoms with E-state index in [1.807, 2.05) is 90.6 Å². The minimum Gasteiger partial charge on any atom is -0.383 e. The topological polar surface area (TPSA) is 213 Å². The van der Waals surface area contributed by atoms with Crippen molar-refractivity contribution in [3.63, 3.8) is 0 Å². The van der Waals surface area contributed by atoms with Crippen LogP contribution in [-0.2, 0) is 28.9 Å². The van der Waals surface area contributed by atoms with Crippen LogP contribution in [0.3, 0.4) is 0 Å². The molecular weight excluding hydrogens is 843 g/mol. The van der Waals surface area contributed by atoms with Gasteiger partial charge in [0.25, 0.3) is 0 Å². The number of nitrogens with two attached hydrogens (primary N) is 2. The molecule has 7 N–H and O–H groups in total. The summed E-state index contributed by atoms with van der Waals surface area (Å²) in [6.45, 7) is 9.90. The zero-order valence-corrected chi connectivity index (χ0v) is 40.0. The van der Waals surface area contributed by atoms with Crippen LogP contribution in [0.1, 0.15) is 76.3 Å². The summed E-state index contributed by atoms with van der Waals surface area (Å²) >= 11 is 0. The highest BCUT2D eigenvalue weighted by molar-refractivity contribution is 6.18. The Bertz CT molecular complexity index is 2600. The number of benzene rings is 2. The molecule has 2 aliphatic rings. The number of aryl methyl sites for hydroxylation is 6. The fourth-order valence-electron chi connectivity index (χ4n) is 7.27. The first-order valence-corrected chi connectivity index (χ1v) is 22.0. The van der Waals surface area contributed by atoms with Crippen molar-refractivity contribution in [1.82, 2.24) is 34.6 Å². The van der Waals surface area contributed by atoms with E-state index in [1.54, 1.807) is 23.4 Å². The summed E-state index contributed by atoms with van der Waals surface area (Å²) < 4.78 is 0. The van der Waals surface area contributed by atoms with Crippen LogP contribution in [0.4, 0.5) is 28.7 Å². The van der Waals surface area contributed by atoms with Crippen molar-refractivity contribution in [3.05, 3.63) is 124 Å². The molecular formula is C51H69N13O3. The van der Waals surface area contributed by atoms with E-state index in [2.05, 4.69) is 80.0 Å². The molecule has 0 fully saturated rings. The normalized spacial score (nSPS) is 13.2. The molecule has 3 aromatic heterocycles. The van der Waals surface area contributed by atoms with Crippen LogP contribution in [0, 0.1) is 27.7 Å². The lowest BCUT2D eigenvalue weighted by Crippen LogP contribution is -2.22. The number of rotatable bonds is 12. The lowest BCUT2D eigenvalue weighted by atomic mass is 10.0. The van der Waals surface area contributed by atoms with E-state index in [9.17, 15) is 14.4 Å². The number of ketones is 1. The first-order valence-electron chi connectivity index (χ1n) is 22.0. The average Bonchev–Trinajstić information content (AvgIpc) is 3.44. The molecule has 2 aromatic carbocycles. The van der Waals surface area contributed by atoms with E-state index < -0.39 is 0 Å². The van der Waals surface area contributed by atoms with Gasteiger partial charge in [-0.15, -0.1) is 0 Å². The number of Topliss-reactive ketones (excluding diaryl/α,β-unsaturated/α-hetero) is 1. The zero-order valence-electron chi connectivity index (χ0n) is 40.0. The smallest absolute Gasteiger partial charge is 0.229 e. The summed E-state index contributed by atoms with van der Waals surface area (Å²) in [7, 11) is 12.0. The summed E-state index contributed by atoms with van der Waals surface area (Å²) in [5.41, 5.74) is 23.5. The molecule has 0 radical (unpaired) electrons. The summed E-state index contributed by atoms with van der Waals surface area (Å²) in [6.07, 6.45) is 11.8. The Morgan fingerprint density at radius 2 is 1.27 bits per heavy atom. The number of pyridine rings is 2. The third-order valence-corrected chi connectivity index (χ3v) is 10.6. The standard InChI is InChI=1S/C24H28N6O.C14H16N2O2.C12H21N5.CH4/c1-15-7-8-19-21(10-15)27-22(31)12-18-14-26-24(29-23(18)19)28-20-11-17(13-25-16(20)2)6-5-9-30(3)4;1-9-4-5-11-12(6-9)15-13(17)7-10(14(11)18)8-16(2)3;1-9-11(16-12(13)14)7-10(8-15-9)5-4-6-17(2)3;/h7-8,10-11,13-14H,5-6,9,12H2,1-4H3,(H,27,31)(H,26,28,29);4-6,8H,7H2,1-3H3,(H,15,17);7-8H,4-6H2,1-3H3,(H4,13,14,16);1H4/b;10-8+;;. The number of hydrogen-bond acceptors (Lipinski definition) is 12. The number of guanidine groups is 1. The number of hydrogen-bond donors (Lipinski definition) is 5. The largest absolute Gasteiger partial charge is 0.383 e. The van der Waals surface area contributed by atoms with Crippen molar-refractivity contribution >= 4 is 52.3 Å². The van der Waals surface area contributed by atoms with Gasteiger partial charge in [-0.25, -0.2) is 15.0 Å². The Morgan fingerprint density at radius 3 is 1.85 bits per heavy atom. The number of aliphatic imine (C=N–C) groups is 1. The van der Waals surface area contributed by atoms with Gasteiger partial charge in [-0.3, -0.25) is 24.4 Å². The van der Waals surface area contributed by atoms with Gasteiger partial charge in [0.1, 0.15) is 0 Å². The molecule has 67 heavy (non-hydrogen) atoms. The number of carbonyl (C=O) groups is 3. The molecule has 16 nitrogen and oxygen atoms in total. The van der Waals surface area contributed by atoms with Crippen molar-refractivity contribution in [2.24, 2.45) is 16.5 Å². The second-order valence-electron chi connectivity index (χ2n) is 17.5. The van der Waals surface area contributed by atoms with Gasteiger partial charge in [0.2, 0.25) is 17.8 Å². The number of amides is 2. The summed E-state index contributed by atoms with van der Waals surface area (Å²) in [5, 5.41) is 9.10. The molecule has 0 saturated heterocycles. The molecule has 16 heteroatoms. The predicted octanol–water partition coefficient (Wildman–Crippen LogP) is 7.28. The van der Waals surface area contributed by atoms with Crippen molar-refractivity contribution < 1.29 is 14.4 Å². The van der Waals surface area contributed by atoms with E-state index in [0.717, 1.165) is 101 Å². The van der Waals surface area contributed by atoms with Gasteiger partial charge in [0.05, 0.1) is 52.7 Å². The molecule has 5 heterocycles. The number of fused-ring (bicyclic) bond motifs is 4. The van der Waals surface area contributed by atoms with Gasteiger partial charge in [-0.05, 0) is 147 Å². The highest BCUT2D eigenvalue weighted by Gasteiger charge is 2.25.